The summed E-state index contributed by atoms with van der Waals surface area (Å²) in [6.45, 7) is 2.03. The Labute approximate surface area is 108 Å². The molecule has 0 aromatic carbocycles. The van der Waals surface area contributed by atoms with Gasteiger partial charge in [-0.05, 0) is 41.6 Å². The summed E-state index contributed by atoms with van der Waals surface area (Å²) < 4.78 is 1.02. The molecule has 5 heteroatoms. The highest BCUT2D eigenvalue weighted by atomic mass is 127. The highest BCUT2D eigenvalue weighted by Crippen LogP contribution is 2.13. The lowest BCUT2D eigenvalue weighted by Gasteiger charge is -2.12. The fourth-order valence-electron chi connectivity index (χ4n) is 1.29. The molecule has 0 bridgehead atoms. The Kier molecular flexibility index (Phi) is 3.66. The van der Waals surface area contributed by atoms with Crippen molar-refractivity contribution in [2.75, 3.05) is 5.32 Å². The van der Waals surface area contributed by atoms with E-state index in [4.69, 9.17) is 0 Å². The molecule has 0 amide bonds. The molecule has 1 atom stereocenters. The second kappa shape index (κ2) is 5.20. The van der Waals surface area contributed by atoms with Crippen molar-refractivity contribution in [1.82, 2.24) is 15.0 Å². The molecule has 2 rings (SSSR count). The molecule has 0 spiro atoms. The van der Waals surface area contributed by atoms with Crippen molar-refractivity contribution in [1.29, 1.82) is 0 Å². The number of nitrogens with one attached hydrogen (secondary N) is 1. The molecule has 0 saturated heterocycles. The summed E-state index contributed by atoms with van der Waals surface area (Å²) in [7, 11) is 0. The zero-order valence-corrected chi connectivity index (χ0v) is 10.9. The van der Waals surface area contributed by atoms with E-state index < -0.39 is 0 Å². The summed E-state index contributed by atoms with van der Waals surface area (Å²) in [5.74, 6) is 0.624. The third-order valence-electron chi connectivity index (χ3n) is 2.10. The van der Waals surface area contributed by atoms with E-state index in [1.165, 1.54) is 0 Å². The zero-order valence-electron chi connectivity index (χ0n) is 8.76. The molecule has 0 saturated carbocycles. The summed E-state index contributed by atoms with van der Waals surface area (Å²) >= 11 is 2.18. The number of anilines is 1. The van der Waals surface area contributed by atoms with E-state index in [1.807, 2.05) is 25.1 Å². The molecular weight excluding hydrogens is 315 g/mol. The van der Waals surface area contributed by atoms with Crippen molar-refractivity contribution in [3.63, 3.8) is 0 Å². The van der Waals surface area contributed by atoms with Crippen LogP contribution < -0.4 is 5.32 Å². The lowest BCUT2D eigenvalue weighted by Crippen LogP contribution is -2.10. The largest absolute Gasteiger partial charge is 0.346 e. The van der Waals surface area contributed by atoms with Crippen LogP contribution in [0.2, 0.25) is 0 Å². The minimum atomic E-state index is 0.0984. The number of hydrogen-bond acceptors (Lipinski definition) is 4. The van der Waals surface area contributed by atoms with Crippen LogP contribution in [0.4, 0.5) is 5.95 Å². The standard InChI is InChI=1S/C11H11IN4/c1-8(10-4-2-3-5-13-10)16-11-14-6-9(12)7-15-11/h2-8H,1H3,(H,14,15,16). The predicted octanol–water partition coefficient (Wildman–Crippen LogP) is 2.65. The lowest BCUT2D eigenvalue weighted by molar-refractivity contribution is 0.821. The molecule has 16 heavy (non-hydrogen) atoms. The van der Waals surface area contributed by atoms with Gasteiger partial charge in [-0.15, -0.1) is 0 Å². The van der Waals surface area contributed by atoms with Crippen molar-refractivity contribution >= 4 is 28.5 Å². The van der Waals surface area contributed by atoms with E-state index in [0.29, 0.717) is 5.95 Å². The van der Waals surface area contributed by atoms with Crippen molar-refractivity contribution in [3.05, 3.63) is 46.1 Å². The molecule has 0 aliphatic carbocycles. The van der Waals surface area contributed by atoms with E-state index in [9.17, 15) is 0 Å². The molecule has 1 unspecified atom stereocenters. The van der Waals surface area contributed by atoms with E-state index in [1.54, 1.807) is 18.6 Å². The third kappa shape index (κ3) is 2.88. The van der Waals surface area contributed by atoms with E-state index in [0.717, 1.165) is 9.26 Å². The van der Waals surface area contributed by atoms with E-state index in [2.05, 4.69) is 42.9 Å². The van der Waals surface area contributed by atoms with Gasteiger partial charge in [0.25, 0.3) is 0 Å². The summed E-state index contributed by atoms with van der Waals surface area (Å²) in [5.41, 5.74) is 0.977. The highest BCUT2D eigenvalue weighted by Gasteiger charge is 2.06. The molecule has 2 heterocycles. The smallest absolute Gasteiger partial charge is 0.223 e. The van der Waals surface area contributed by atoms with Crippen molar-refractivity contribution in [2.24, 2.45) is 0 Å². The zero-order chi connectivity index (χ0) is 11.4. The van der Waals surface area contributed by atoms with Gasteiger partial charge in [0.2, 0.25) is 5.95 Å². The maximum Gasteiger partial charge on any atom is 0.223 e. The van der Waals surface area contributed by atoms with Gasteiger partial charge in [0.1, 0.15) is 0 Å². The Balaban J connectivity index is 2.08. The van der Waals surface area contributed by atoms with Crippen LogP contribution in [0, 0.1) is 3.57 Å². The Morgan fingerprint density at radius 3 is 2.56 bits per heavy atom. The van der Waals surface area contributed by atoms with Gasteiger partial charge in [-0.3, -0.25) is 4.98 Å². The number of nitrogens with zero attached hydrogens (tertiary/aromatic N) is 3. The Morgan fingerprint density at radius 2 is 1.94 bits per heavy atom. The van der Waals surface area contributed by atoms with Crippen LogP contribution in [0.3, 0.4) is 0 Å². The van der Waals surface area contributed by atoms with Crippen LogP contribution in [0.25, 0.3) is 0 Å². The molecule has 82 valence electrons. The van der Waals surface area contributed by atoms with Gasteiger partial charge in [0.05, 0.1) is 11.7 Å². The first-order chi connectivity index (χ1) is 7.75. The minimum Gasteiger partial charge on any atom is -0.346 e. The fraction of sp³-hybridized carbons (Fsp3) is 0.182. The molecule has 1 N–H and O–H groups in total. The van der Waals surface area contributed by atoms with Gasteiger partial charge >= 0.3 is 0 Å². The first kappa shape index (κ1) is 11.3. The monoisotopic (exact) mass is 326 g/mol. The van der Waals surface area contributed by atoms with Crippen molar-refractivity contribution in [2.45, 2.75) is 13.0 Å². The van der Waals surface area contributed by atoms with Gasteiger partial charge in [-0.2, -0.15) is 0 Å². The third-order valence-corrected chi connectivity index (χ3v) is 2.65. The normalized spacial score (nSPS) is 12.1. The Bertz CT molecular complexity index is 443. The fourth-order valence-corrected chi connectivity index (χ4v) is 1.57. The number of hydrogen-bond donors (Lipinski definition) is 1. The summed E-state index contributed by atoms with van der Waals surface area (Å²) in [5, 5.41) is 3.20. The SMILES string of the molecule is CC(Nc1ncc(I)cn1)c1ccccn1. The van der Waals surface area contributed by atoms with Gasteiger partial charge in [0, 0.05) is 22.2 Å². The topological polar surface area (TPSA) is 50.7 Å². The molecule has 2 aromatic rings. The average molecular weight is 326 g/mol. The van der Waals surface area contributed by atoms with Crippen LogP contribution in [0.5, 0.6) is 0 Å². The van der Waals surface area contributed by atoms with E-state index >= 15 is 0 Å². The molecule has 2 aromatic heterocycles. The molecular formula is C11H11IN4. The molecule has 0 fully saturated rings. The van der Waals surface area contributed by atoms with Gasteiger partial charge in [-0.1, -0.05) is 6.07 Å². The number of aromatic nitrogens is 3. The van der Waals surface area contributed by atoms with Crippen LogP contribution in [0.1, 0.15) is 18.7 Å². The van der Waals surface area contributed by atoms with E-state index in [-0.39, 0.29) is 6.04 Å². The Morgan fingerprint density at radius 1 is 1.19 bits per heavy atom. The van der Waals surface area contributed by atoms with Crippen molar-refractivity contribution < 1.29 is 0 Å². The Hall–Kier alpha value is -1.24. The van der Waals surface area contributed by atoms with Crippen molar-refractivity contribution in [3.8, 4) is 0 Å². The lowest BCUT2D eigenvalue weighted by atomic mass is 10.2. The number of pyridine rings is 1. The molecule has 0 aliphatic rings. The van der Waals surface area contributed by atoms with Crippen LogP contribution in [-0.2, 0) is 0 Å². The number of halogens is 1. The molecule has 4 nitrogen and oxygen atoms in total. The van der Waals surface area contributed by atoms with Crippen LogP contribution in [-0.4, -0.2) is 15.0 Å². The minimum absolute atomic E-state index is 0.0984. The molecule has 0 aliphatic heterocycles. The quantitative estimate of drug-likeness (QED) is 0.881. The van der Waals surface area contributed by atoms with Gasteiger partial charge < -0.3 is 5.32 Å². The average Bonchev–Trinajstić information content (AvgIpc) is 2.33. The van der Waals surface area contributed by atoms with Gasteiger partial charge in [-0.25, -0.2) is 9.97 Å². The van der Waals surface area contributed by atoms with Gasteiger partial charge in [0.15, 0.2) is 0 Å². The first-order valence-corrected chi connectivity index (χ1v) is 5.98. The second-order valence-electron chi connectivity index (χ2n) is 3.35. The summed E-state index contributed by atoms with van der Waals surface area (Å²) in [6.07, 6.45) is 5.34. The number of rotatable bonds is 3. The van der Waals surface area contributed by atoms with Crippen LogP contribution in [0.15, 0.2) is 36.8 Å². The molecule has 0 radical (unpaired) electrons. The van der Waals surface area contributed by atoms with Crippen LogP contribution >= 0.6 is 22.6 Å². The second-order valence-corrected chi connectivity index (χ2v) is 4.59. The maximum atomic E-state index is 4.27. The predicted molar refractivity (Wildman–Crippen MR) is 71.0 cm³/mol. The highest BCUT2D eigenvalue weighted by molar-refractivity contribution is 14.1. The summed E-state index contributed by atoms with van der Waals surface area (Å²) in [6, 6.07) is 5.94. The maximum absolute atomic E-state index is 4.27. The summed E-state index contributed by atoms with van der Waals surface area (Å²) in [4.78, 5) is 12.6. The first-order valence-electron chi connectivity index (χ1n) is 4.91.